The van der Waals surface area contributed by atoms with E-state index >= 15 is 0 Å². The molecule has 3 N–H and O–H groups in total. The molecule has 7 nitrogen and oxygen atoms in total. The second kappa shape index (κ2) is 10.0. The van der Waals surface area contributed by atoms with Crippen LogP contribution in [0.4, 0.5) is 5.69 Å². The van der Waals surface area contributed by atoms with Crippen molar-refractivity contribution in [2.75, 3.05) is 18.4 Å². The summed E-state index contributed by atoms with van der Waals surface area (Å²) >= 11 is 0. The van der Waals surface area contributed by atoms with Gasteiger partial charge in [0.25, 0.3) is 5.91 Å². The smallest absolute Gasteiger partial charge is 0.251 e. The minimum Gasteiger partial charge on any atom is -0.356 e. The van der Waals surface area contributed by atoms with E-state index in [-0.39, 0.29) is 23.2 Å². The fourth-order valence-electron chi connectivity index (χ4n) is 1.90. The molecular weight excluding hydrogens is 322 g/mol. The van der Waals surface area contributed by atoms with Crippen molar-refractivity contribution in [3.63, 3.8) is 0 Å². The fraction of sp³-hybridized carbons (Fsp3) is 0.333. The van der Waals surface area contributed by atoms with Crippen LogP contribution < -0.4 is 16.0 Å². The summed E-state index contributed by atoms with van der Waals surface area (Å²) in [6, 6.07) is 6.51. The average molecular weight is 345 g/mol. The van der Waals surface area contributed by atoms with E-state index in [1.165, 1.54) is 26.8 Å². The van der Waals surface area contributed by atoms with Gasteiger partial charge < -0.3 is 16.0 Å². The largest absolute Gasteiger partial charge is 0.356 e. The molecule has 25 heavy (non-hydrogen) atoms. The standard InChI is InChI=1S/C18H23N3O4/c1-12(11-17(24)20-10-4-9-19-14(3)23)18(25)21-16-7-5-15(6-8-16)13(2)22/h5-8,11H,4,9-10H2,1-3H3,(H,19,23)(H,20,24)(H,21,25)/b12-11-. The van der Waals surface area contributed by atoms with E-state index in [0.717, 1.165) is 0 Å². The SMILES string of the molecule is CC(=O)NCCCNC(=O)/C=C(/C)C(=O)Nc1ccc(C(C)=O)cc1. The van der Waals surface area contributed by atoms with Crippen molar-refractivity contribution in [2.24, 2.45) is 0 Å². The van der Waals surface area contributed by atoms with Crippen LogP contribution in [-0.4, -0.2) is 36.6 Å². The van der Waals surface area contributed by atoms with E-state index < -0.39 is 5.91 Å². The summed E-state index contributed by atoms with van der Waals surface area (Å²) < 4.78 is 0. The number of nitrogens with one attached hydrogen (secondary N) is 3. The lowest BCUT2D eigenvalue weighted by atomic mass is 10.1. The van der Waals surface area contributed by atoms with E-state index in [1.807, 2.05) is 0 Å². The molecule has 0 aliphatic heterocycles. The molecule has 134 valence electrons. The summed E-state index contributed by atoms with van der Waals surface area (Å²) in [4.78, 5) is 45.7. The first-order valence-electron chi connectivity index (χ1n) is 7.92. The Morgan fingerprint density at radius 3 is 2.08 bits per heavy atom. The van der Waals surface area contributed by atoms with Crippen molar-refractivity contribution < 1.29 is 19.2 Å². The van der Waals surface area contributed by atoms with Crippen molar-refractivity contribution in [1.82, 2.24) is 10.6 Å². The Balaban J connectivity index is 2.45. The van der Waals surface area contributed by atoms with Crippen LogP contribution in [0.2, 0.25) is 0 Å². The average Bonchev–Trinajstić information content (AvgIpc) is 2.54. The van der Waals surface area contributed by atoms with E-state index in [2.05, 4.69) is 16.0 Å². The number of anilines is 1. The lowest BCUT2D eigenvalue weighted by molar-refractivity contribution is -0.119. The van der Waals surface area contributed by atoms with E-state index in [1.54, 1.807) is 24.3 Å². The molecule has 0 saturated heterocycles. The molecule has 0 atom stereocenters. The van der Waals surface area contributed by atoms with Gasteiger partial charge in [0, 0.05) is 42.9 Å². The molecular formula is C18H23N3O4. The zero-order valence-corrected chi connectivity index (χ0v) is 14.6. The molecule has 0 aliphatic carbocycles. The van der Waals surface area contributed by atoms with Crippen LogP contribution in [0.1, 0.15) is 37.6 Å². The maximum absolute atomic E-state index is 12.0. The van der Waals surface area contributed by atoms with Crippen molar-refractivity contribution in [2.45, 2.75) is 27.2 Å². The van der Waals surface area contributed by atoms with Crippen LogP contribution >= 0.6 is 0 Å². The first-order valence-corrected chi connectivity index (χ1v) is 7.92. The van der Waals surface area contributed by atoms with Crippen LogP contribution in [0, 0.1) is 0 Å². The number of Topliss-reactive ketones (excluding diaryl/α,β-unsaturated/α-hetero) is 1. The Kier molecular flexibility index (Phi) is 8.05. The molecule has 1 aromatic rings. The molecule has 3 amide bonds. The molecule has 0 radical (unpaired) electrons. The van der Waals surface area contributed by atoms with Crippen LogP contribution in [0.5, 0.6) is 0 Å². The Morgan fingerprint density at radius 2 is 1.52 bits per heavy atom. The third-order valence-corrected chi connectivity index (χ3v) is 3.28. The van der Waals surface area contributed by atoms with E-state index in [0.29, 0.717) is 30.8 Å². The van der Waals surface area contributed by atoms with Crippen molar-refractivity contribution in [1.29, 1.82) is 0 Å². The van der Waals surface area contributed by atoms with Gasteiger partial charge >= 0.3 is 0 Å². The highest BCUT2D eigenvalue weighted by Gasteiger charge is 2.08. The zero-order chi connectivity index (χ0) is 18.8. The van der Waals surface area contributed by atoms with Gasteiger partial charge in [-0.05, 0) is 44.5 Å². The number of rotatable bonds is 8. The second-order valence-corrected chi connectivity index (χ2v) is 5.54. The Hall–Kier alpha value is -2.96. The van der Waals surface area contributed by atoms with E-state index in [4.69, 9.17) is 0 Å². The first kappa shape index (κ1) is 20.1. The number of carbonyl (C=O) groups excluding carboxylic acids is 4. The molecule has 0 bridgehead atoms. The molecule has 1 rings (SSSR count). The van der Waals surface area contributed by atoms with Crippen molar-refractivity contribution in [3.8, 4) is 0 Å². The van der Waals surface area contributed by atoms with Gasteiger partial charge in [-0.1, -0.05) is 0 Å². The minimum absolute atomic E-state index is 0.0517. The molecule has 1 aromatic carbocycles. The molecule has 0 saturated carbocycles. The second-order valence-electron chi connectivity index (χ2n) is 5.54. The highest BCUT2D eigenvalue weighted by Crippen LogP contribution is 2.11. The number of carbonyl (C=O) groups is 4. The molecule has 0 spiro atoms. The summed E-state index contributed by atoms with van der Waals surface area (Å²) in [7, 11) is 0. The Labute approximate surface area is 146 Å². The molecule has 0 aromatic heterocycles. The first-order chi connectivity index (χ1) is 11.8. The van der Waals surface area contributed by atoms with E-state index in [9.17, 15) is 19.2 Å². The topological polar surface area (TPSA) is 104 Å². The number of amides is 3. The van der Waals surface area contributed by atoms with Gasteiger partial charge in [0.05, 0.1) is 0 Å². The summed E-state index contributed by atoms with van der Waals surface area (Å²) in [5, 5.41) is 7.92. The normalized spacial score (nSPS) is 10.8. The van der Waals surface area contributed by atoms with Crippen LogP contribution in [-0.2, 0) is 14.4 Å². The van der Waals surface area contributed by atoms with Crippen LogP contribution in [0.15, 0.2) is 35.9 Å². The monoisotopic (exact) mass is 345 g/mol. The minimum atomic E-state index is -0.399. The summed E-state index contributed by atoms with van der Waals surface area (Å²) in [6.07, 6.45) is 1.82. The zero-order valence-electron chi connectivity index (χ0n) is 14.6. The van der Waals surface area contributed by atoms with Gasteiger partial charge in [0.1, 0.15) is 0 Å². The van der Waals surface area contributed by atoms with Gasteiger partial charge in [-0.3, -0.25) is 19.2 Å². The highest BCUT2D eigenvalue weighted by atomic mass is 16.2. The van der Waals surface area contributed by atoms with Gasteiger partial charge in [-0.25, -0.2) is 0 Å². The maximum atomic E-state index is 12.0. The quantitative estimate of drug-likeness (QED) is 0.376. The number of benzene rings is 1. The van der Waals surface area contributed by atoms with Crippen LogP contribution in [0.3, 0.4) is 0 Å². The van der Waals surface area contributed by atoms with Gasteiger partial charge in [-0.15, -0.1) is 0 Å². The Morgan fingerprint density at radius 1 is 0.920 bits per heavy atom. The molecule has 7 heteroatoms. The van der Waals surface area contributed by atoms with Crippen molar-refractivity contribution in [3.05, 3.63) is 41.5 Å². The molecule has 0 heterocycles. The number of hydrogen-bond donors (Lipinski definition) is 3. The van der Waals surface area contributed by atoms with Crippen molar-refractivity contribution >= 4 is 29.2 Å². The predicted molar refractivity (Wildman–Crippen MR) is 95.1 cm³/mol. The lowest BCUT2D eigenvalue weighted by Gasteiger charge is -2.07. The highest BCUT2D eigenvalue weighted by molar-refractivity contribution is 6.07. The Bertz CT molecular complexity index is 678. The number of ketones is 1. The van der Waals surface area contributed by atoms with Crippen LogP contribution in [0.25, 0.3) is 0 Å². The maximum Gasteiger partial charge on any atom is 0.251 e. The predicted octanol–water partition coefficient (Wildman–Crippen LogP) is 1.42. The summed E-state index contributed by atoms with van der Waals surface area (Å²) in [5.41, 5.74) is 1.36. The third kappa shape index (κ3) is 7.92. The van der Waals surface area contributed by atoms with Gasteiger partial charge in [0.15, 0.2) is 5.78 Å². The fourth-order valence-corrected chi connectivity index (χ4v) is 1.90. The summed E-state index contributed by atoms with van der Waals surface area (Å²) in [6.45, 7) is 5.31. The molecule has 0 unspecified atom stereocenters. The molecule has 0 aliphatic rings. The molecule has 0 fully saturated rings. The lowest BCUT2D eigenvalue weighted by Crippen LogP contribution is -2.28. The summed E-state index contributed by atoms with van der Waals surface area (Å²) in [5.74, 6) is -0.939. The van der Waals surface area contributed by atoms with Gasteiger partial charge in [-0.2, -0.15) is 0 Å². The third-order valence-electron chi connectivity index (χ3n) is 3.28. The van der Waals surface area contributed by atoms with Gasteiger partial charge in [0.2, 0.25) is 11.8 Å². The number of hydrogen-bond acceptors (Lipinski definition) is 4.